The molecule has 0 saturated heterocycles. The second-order valence-electron chi connectivity index (χ2n) is 6.81. The molecular formula is C21H38N2O3. The SMILES string of the molecule is CCCCCCCCCCCC(N)=O.NC(O)(CCO)c1ccccc1. The Morgan fingerprint density at radius 3 is 1.92 bits per heavy atom. The van der Waals surface area contributed by atoms with Gasteiger partial charge in [0.05, 0.1) is 0 Å². The van der Waals surface area contributed by atoms with Crippen molar-refractivity contribution >= 4 is 5.91 Å². The average molecular weight is 367 g/mol. The zero-order chi connectivity index (χ0) is 19.7. The van der Waals surface area contributed by atoms with Crippen molar-refractivity contribution < 1.29 is 15.0 Å². The van der Waals surface area contributed by atoms with E-state index in [1.165, 1.54) is 44.9 Å². The molecule has 1 amide bonds. The molecule has 0 radical (unpaired) electrons. The summed E-state index contributed by atoms with van der Waals surface area (Å²) in [6.45, 7) is 2.12. The van der Waals surface area contributed by atoms with Gasteiger partial charge in [-0.2, -0.15) is 0 Å². The lowest BCUT2D eigenvalue weighted by Crippen LogP contribution is -2.37. The van der Waals surface area contributed by atoms with Gasteiger partial charge in [-0.15, -0.1) is 0 Å². The normalized spacial score (nSPS) is 12.8. The number of primary amides is 1. The molecule has 0 heterocycles. The van der Waals surface area contributed by atoms with Crippen LogP contribution in [0, 0.1) is 0 Å². The van der Waals surface area contributed by atoms with Gasteiger partial charge < -0.3 is 15.9 Å². The van der Waals surface area contributed by atoms with Gasteiger partial charge in [-0.25, -0.2) is 0 Å². The van der Waals surface area contributed by atoms with Crippen LogP contribution in [0.3, 0.4) is 0 Å². The van der Waals surface area contributed by atoms with Gasteiger partial charge in [0.25, 0.3) is 0 Å². The highest BCUT2D eigenvalue weighted by molar-refractivity contribution is 5.73. The number of rotatable bonds is 13. The van der Waals surface area contributed by atoms with Crippen LogP contribution < -0.4 is 11.5 Å². The second kappa shape index (κ2) is 15.8. The lowest BCUT2D eigenvalue weighted by molar-refractivity contribution is -0.118. The summed E-state index contributed by atoms with van der Waals surface area (Å²) in [5, 5.41) is 18.2. The molecule has 5 nitrogen and oxygen atoms in total. The van der Waals surface area contributed by atoms with E-state index in [1.807, 2.05) is 6.07 Å². The summed E-state index contributed by atoms with van der Waals surface area (Å²) in [6.07, 6.45) is 12.3. The van der Waals surface area contributed by atoms with Gasteiger partial charge in [0.1, 0.15) is 5.72 Å². The topological polar surface area (TPSA) is 110 Å². The third-order valence-electron chi connectivity index (χ3n) is 4.29. The van der Waals surface area contributed by atoms with Gasteiger partial charge in [-0.05, 0) is 12.0 Å². The number of carbonyl (C=O) groups is 1. The smallest absolute Gasteiger partial charge is 0.217 e. The molecule has 1 unspecified atom stereocenters. The fourth-order valence-electron chi connectivity index (χ4n) is 2.65. The Morgan fingerprint density at radius 1 is 0.962 bits per heavy atom. The van der Waals surface area contributed by atoms with Gasteiger partial charge in [-0.1, -0.05) is 88.6 Å². The predicted octanol–water partition coefficient (Wildman–Crippen LogP) is 3.57. The van der Waals surface area contributed by atoms with E-state index in [0.717, 1.165) is 12.8 Å². The maximum atomic E-state index is 10.4. The Morgan fingerprint density at radius 2 is 1.46 bits per heavy atom. The first kappa shape index (κ1) is 24.6. The minimum atomic E-state index is -1.41. The Labute approximate surface area is 158 Å². The van der Waals surface area contributed by atoms with E-state index >= 15 is 0 Å². The Kier molecular flexibility index (Phi) is 14.9. The van der Waals surface area contributed by atoms with Gasteiger partial charge in [0.15, 0.2) is 0 Å². The number of nitrogens with two attached hydrogens (primary N) is 2. The van der Waals surface area contributed by atoms with Crippen molar-refractivity contribution in [2.45, 2.75) is 83.3 Å². The van der Waals surface area contributed by atoms with E-state index < -0.39 is 5.72 Å². The zero-order valence-corrected chi connectivity index (χ0v) is 16.3. The number of hydrogen-bond donors (Lipinski definition) is 4. The second-order valence-corrected chi connectivity index (χ2v) is 6.81. The Balaban J connectivity index is 0.000000485. The van der Waals surface area contributed by atoms with Crippen molar-refractivity contribution in [2.75, 3.05) is 6.61 Å². The third-order valence-corrected chi connectivity index (χ3v) is 4.29. The monoisotopic (exact) mass is 366 g/mol. The summed E-state index contributed by atoms with van der Waals surface area (Å²) in [5.74, 6) is -0.159. The van der Waals surface area contributed by atoms with Crippen molar-refractivity contribution in [1.29, 1.82) is 0 Å². The minimum Gasteiger partial charge on any atom is -0.396 e. The number of hydrogen-bond acceptors (Lipinski definition) is 4. The predicted molar refractivity (Wildman–Crippen MR) is 107 cm³/mol. The molecule has 0 fully saturated rings. The van der Waals surface area contributed by atoms with Crippen LogP contribution >= 0.6 is 0 Å². The summed E-state index contributed by atoms with van der Waals surface area (Å²) in [7, 11) is 0. The number of aliphatic hydroxyl groups excluding tert-OH is 1. The van der Waals surface area contributed by atoms with E-state index in [2.05, 4.69) is 6.92 Å². The molecule has 0 aliphatic heterocycles. The number of aliphatic hydroxyl groups is 2. The first-order chi connectivity index (χ1) is 12.4. The molecule has 6 N–H and O–H groups in total. The fraction of sp³-hybridized carbons (Fsp3) is 0.667. The summed E-state index contributed by atoms with van der Waals surface area (Å²) < 4.78 is 0. The van der Waals surface area contributed by atoms with Crippen LogP contribution in [0.1, 0.15) is 83.1 Å². The number of amides is 1. The molecule has 1 atom stereocenters. The molecular weight excluding hydrogens is 328 g/mol. The van der Waals surface area contributed by atoms with Crippen LogP contribution in [0.2, 0.25) is 0 Å². The van der Waals surface area contributed by atoms with Crippen molar-refractivity contribution in [1.82, 2.24) is 0 Å². The summed E-state index contributed by atoms with van der Waals surface area (Å²) in [4.78, 5) is 10.4. The number of carbonyl (C=O) groups excluding carboxylic acids is 1. The number of unbranched alkanes of at least 4 members (excludes halogenated alkanes) is 8. The average Bonchev–Trinajstić information content (AvgIpc) is 2.61. The lowest BCUT2D eigenvalue weighted by Gasteiger charge is -2.22. The van der Waals surface area contributed by atoms with Gasteiger partial charge in [0.2, 0.25) is 5.91 Å². The molecule has 0 aromatic heterocycles. The highest BCUT2D eigenvalue weighted by Gasteiger charge is 2.21. The zero-order valence-electron chi connectivity index (χ0n) is 16.3. The molecule has 1 aromatic rings. The van der Waals surface area contributed by atoms with Crippen LogP contribution in [0.5, 0.6) is 0 Å². The Bertz CT molecular complexity index is 450. The maximum Gasteiger partial charge on any atom is 0.217 e. The van der Waals surface area contributed by atoms with Crippen LogP contribution in [-0.4, -0.2) is 22.7 Å². The molecule has 0 aliphatic rings. The van der Waals surface area contributed by atoms with E-state index in [1.54, 1.807) is 24.3 Å². The molecule has 1 aromatic carbocycles. The number of benzene rings is 1. The minimum absolute atomic E-state index is 0.123. The van der Waals surface area contributed by atoms with Crippen molar-refractivity contribution in [3.05, 3.63) is 35.9 Å². The summed E-state index contributed by atoms with van der Waals surface area (Å²) in [6, 6.07) is 8.90. The lowest BCUT2D eigenvalue weighted by atomic mass is 10.0. The van der Waals surface area contributed by atoms with E-state index in [-0.39, 0.29) is 18.9 Å². The molecule has 0 spiro atoms. The molecule has 5 heteroatoms. The quantitative estimate of drug-likeness (QED) is 0.316. The first-order valence-corrected chi connectivity index (χ1v) is 9.90. The van der Waals surface area contributed by atoms with Crippen LogP contribution in [0.25, 0.3) is 0 Å². The van der Waals surface area contributed by atoms with Crippen LogP contribution in [0.4, 0.5) is 0 Å². The van der Waals surface area contributed by atoms with Crippen LogP contribution in [0.15, 0.2) is 30.3 Å². The summed E-state index contributed by atoms with van der Waals surface area (Å²) >= 11 is 0. The van der Waals surface area contributed by atoms with E-state index in [9.17, 15) is 9.90 Å². The third kappa shape index (κ3) is 13.8. The van der Waals surface area contributed by atoms with Crippen molar-refractivity contribution in [2.24, 2.45) is 11.5 Å². The van der Waals surface area contributed by atoms with Crippen LogP contribution in [-0.2, 0) is 10.5 Å². The molecule has 0 saturated carbocycles. The maximum absolute atomic E-state index is 10.4. The highest BCUT2D eigenvalue weighted by atomic mass is 16.3. The van der Waals surface area contributed by atoms with Crippen molar-refractivity contribution in [3.8, 4) is 0 Å². The first-order valence-electron chi connectivity index (χ1n) is 9.90. The Hall–Kier alpha value is -1.43. The standard InChI is InChI=1S/C12H25NO.C9H13NO2/c1-2-3-4-5-6-7-8-9-10-11-12(13)14;10-9(12,6-7-11)8-4-2-1-3-5-8/h2-11H2,1H3,(H2,13,14);1-5,11-12H,6-7,10H2. The van der Waals surface area contributed by atoms with Gasteiger partial charge >= 0.3 is 0 Å². The molecule has 150 valence electrons. The van der Waals surface area contributed by atoms with Gasteiger partial charge in [0, 0.05) is 19.4 Å². The van der Waals surface area contributed by atoms with E-state index in [0.29, 0.717) is 12.0 Å². The largest absolute Gasteiger partial charge is 0.396 e. The highest BCUT2D eigenvalue weighted by Crippen LogP contribution is 2.17. The fourth-order valence-corrected chi connectivity index (χ4v) is 2.65. The summed E-state index contributed by atoms with van der Waals surface area (Å²) in [5.41, 5.74) is 9.81. The van der Waals surface area contributed by atoms with Crippen molar-refractivity contribution in [3.63, 3.8) is 0 Å². The molecule has 26 heavy (non-hydrogen) atoms. The molecule has 0 bridgehead atoms. The van der Waals surface area contributed by atoms with Gasteiger partial charge in [-0.3, -0.25) is 10.5 Å². The molecule has 0 aliphatic carbocycles. The van der Waals surface area contributed by atoms with E-state index in [4.69, 9.17) is 16.6 Å². The molecule has 1 rings (SSSR count).